The second kappa shape index (κ2) is 8.81. The molecule has 0 unspecified atom stereocenters. The third-order valence-corrected chi connectivity index (χ3v) is 2.12. The van der Waals surface area contributed by atoms with Crippen molar-refractivity contribution in [3.63, 3.8) is 0 Å². The number of ether oxygens (including phenoxy) is 2. The van der Waals surface area contributed by atoms with Gasteiger partial charge < -0.3 is 9.47 Å². The van der Waals surface area contributed by atoms with Crippen LogP contribution in [0.1, 0.15) is 6.92 Å². The van der Waals surface area contributed by atoms with E-state index in [0.29, 0.717) is 11.0 Å². The molecule has 7 heteroatoms. The Hall–Kier alpha value is -1.30. The molecular formula is C10H13IN2O4. The Kier molecular flexibility index (Phi) is 8.13. The lowest BCUT2D eigenvalue weighted by atomic mass is 10.3. The molecule has 0 aromatic carbocycles. The fourth-order valence-corrected chi connectivity index (χ4v) is 1.43. The van der Waals surface area contributed by atoms with Gasteiger partial charge in [0.05, 0.1) is 13.7 Å². The zero-order valence-electron chi connectivity index (χ0n) is 9.60. The highest BCUT2D eigenvalue weighted by molar-refractivity contribution is 14.1. The van der Waals surface area contributed by atoms with Gasteiger partial charge in [-0.2, -0.15) is 5.26 Å². The number of methoxy groups -OCH3 is 1. The van der Waals surface area contributed by atoms with Crippen LogP contribution in [0.5, 0.6) is 0 Å². The van der Waals surface area contributed by atoms with Crippen LogP contribution in [0.15, 0.2) is 11.8 Å². The maximum atomic E-state index is 11.3. The van der Waals surface area contributed by atoms with Crippen LogP contribution < -0.4 is 0 Å². The molecule has 6 nitrogen and oxygen atoms in total. The summed E-state index contributed by atoms with van der Waals surface area (Å²) in [5.74, 6) is -0.752. The molecule has 94 valence electrons. The third kappa shape index (κ3) is 5.53. The Morgan fingerprint density at radius 1 is 1.53 bits per heavy atom. The minimum absolute atomic E-state index is 0.169. The van der Waals surface area contributed by atoms with Crippen LogP contribution in [-0.2, 0) is 14.3 Å². The number of hydrogen-bond acceptors (Lipinski definition) is 5. The molecule has 0 saturated heterocycles. The Morgan fingerprint density at radius 3 is 2.59 bits per heavy atom. The van der Waals surface area contributed by atoms with Crippen LogP contribution in [0.2, 0.25) is 0 Å². The number of esters is 1. The second-order valence-electron chi connectivity index (χ2n) is 2.73. The molecule has 0 radical (unpaired) electrons. The standard InChI is InChI=1S/C10H13IN2O4/c1-3-17-9(14)8(6-12)7-13(5-4-11)10(15)16-2/h7H,3-5H2,1-2H3/b8-7+. The smallest absolute Gasteiger partial charge is 0.413 e. The largest absolute Gasteiger partial charge is 0.462 e. The Labute approximate surface area is 113 Å². The molecule has 0 N–H and O–H groups in total. The molecule has 1 amide bonds. The van der Waals surface area contributed by atoms with Crippen molar-refractivity contribution < 1.29 is 19.1 Å². The molecule has 0 aliphatic heterocycles. The van der Waals surface area contributed by atoms with E-state index in [-0.39, 0.29) is 12.2 Å². The van der Waals surface area contributed by atoms with Gasteiger partial charge in [0, 0.05) is 17.2 Å². The number of halogens is 1. The van der Waals surface area contributed by atoms with Gasteiger partial charge in [0.25, 0.3) is 0 Å². The SMILES string of the molecule is CCOC(=O)/C(C#N)=C/N(CCI)C(=O)OC. The monoisotopic (exact) mass is 352 g/mol. The first-order valence-electron chi connectivity index (χ1n) is 4.80. The normalized spacial score (nSPS) is 10.4. The maximum Gasteiger partial charge on any atom is 0.413 e. The minimum Gasteiger partial charge on any atom is -0.462 e. The molecule has 0 saturated carbocycles. The number of amides is 1. The van der Waals surface area contributed by atoms with E-state index in [1.807, 2.05) is 0 Å². The average Bonchev–Trinajstić information content (AvgIpc) is 2.33. The topological polar surface area (TPSA) is 79.6 Å². The third-order valence-electron chi connectivity index (χ3n) is 1.64. The molecule has 0 aliphatic carbocycles. The highest BCUT2D eigenvalue weighted by Gasteiger charge is 2.16. The average molecular weight is 352 g/mol. The van der Waals surface area contributed by atoms with Gasteiger partial charge in [-0.25, -0.2) is 9.59 Å². The fraction of sp³-hybridized carbons (Fsp3) is 0.500. The zero-order chi connectivity index (χ0) is 13.3. The van der Waals surface area contributed by atoms with Crippen molar-refractivity contribution in [2.75, 3.05) is 24.7 Å². The van der Waals surface area contributed by atoms with Crippen molar-refractivity contribution in [1.82, 2.24) is 4.90 Å². The van der Waals surface area contributed by atoms with Crippen molar-refractivity contribution in [1.29, 1.82) is 5.26 Å². The first-order valence-corrected chi connectivity index (χ1v) is 6.32. The van der Waals surface area contributed by atoms with Gasteiger partial charge >= 0.3 is 12.1 Å². The Morgan fingerprint density at radius 2 is 2.18 bits per heavy atom. The summed E-state index contributed by atoms with van der Waals surface area (Å²) in [6, 6.07) is 1.69. The molecule has 0 heterocycles. The number of hydrogen-bond donors (Lipinski definition) is 0. The predicted octanol–water partition coefficient (Wildman–Crippen LogP) is 1.46. The molecule has 0 bridgehead atoms. The molecular weight excluding hydrogens is 339 g/mol. The number of carbonyl (C=O) groups excluding carboxylic acids is 2. The highest BCUT2D eigenvalue weighted by Crippen LogP contribution is 2.03. The van der Waals surface area contributed by atoms with E-state index in [0.717, 1.165) is 11.1 Å². The molecule has 0 rings (SSSR count). The van der Waals surface area contributed by atoms with Crippen molar-refractivity contribution >= 4 is 34.7 Å². The molecule has 0 spiro atoms. The fourth-order valence-electron chi connectivity index (χ4n) is 0.909. The first kappa shape index (κ1) is 15.7. The van der Waals surface area contributed by atoms with Gasteiger partial charge in [0.15, 0.2) is 5.57 Å². The van der Waals surface area contributed by atoms with E-state index >= 15 is 0 Å². The van der Waals surface area contributed by atoms with Crippen LogP contribution >= 0.6 is 22.6 Å². The minimum atomic E-state index is -0.752. The van der Waals surface area contributed by atoms with E-state index < -0.39 is 12.1 Å². The summed E-state index contributed by atoms with van der Waals surface area (Å²) in [6.07, 6.45) is 0.515. The molecule has 0 aromatic heterocycles. The highest BCUT2D eigenvalue weighted by atomic mass is 127. The molecule has 0 atom stereocenters. The summed E-state index contributed by atoms with van der Waals surface area (Å²) >= 11 is 2.07. The summed E-state index contributed by atoms with van der Waals surface area (Å²) in [7, 11) is 1.23. The van der Waals surface area contributed by atoms with Crippen LogP contribution in [-0.4, -0.2) is 41.7 Å². The summed E-state index contributed by atoms with van der Waals surface area (Å²) in [6.45, 7) is 2.15. The van der Waals surface area contributed by atoms with Crippen molar-refractivity contribution in [2.24, 2.45) is 0 Å². The molecule has 0 aromatic rings. The first-order chi connectivity index (χ1) is 8.10. The van der Waals surface area contributed by atoms with Crippen LogP contribution in [0.25, 0.3) is 0 Å². The van der Waals surface area contributed by atoms with Crippen molar-refractivity contribution in [3.05, 3.63) is 11.8 Å². The van der Waals surface area contributed by atoms with Crippen molar-refractivity contribution in [2.45, 2.75) is 6.92 Å². The van der Waals surface area contributed by atoms with Gasteiger partial charge in [-0.15, -0.1) is 0 Å². The van der Waals surface area contributed by atoms with Crippen LogP contribution in [0.3, 0.4) is 0 Å². The summed E-state index contributed by atoms with van der Waals surface area (Å²) in [4.78, 5) is 23.8. The van der Waals surface area contributed by atoms with Gasteiger partial charge in [0.1, 0.15) is 6.07 Å². The number of alkyl halides is 1. The van der Waals surface area contributed by atoms with Gasteiger partial charge in [-0.05, 0) is 6.92 Å². The number of nitrogens with zero attached hydrogens (tertiary/aromatic N) is 2. The second-order valence-corrected chi connectivity index (χ2v) is 3.81. The Bertz CT molecular complexity index is 349. The number of carbonyl (C=O) groups is 2. The molecule has 17 heavy (non-hydrogen) atoms. The van der Waals surface area contributed by atoms with E-state index in [1.54, 1.807) is 13.0 Å². The van der Waals surface area contributed by atoms with Crippen LogP contribution in [0, 0.1) is 11.3 Å². The number of rotatable bonds is 5. The van der Waals surface area contributed by atoms with Crippen molar-refractivity contribution in [3.8, 4) is 6.07 Å². The molecule has 0 fully saturated rings. The summed E-state index contributed by atoms with van der Waals surface area (Å²) < 4.78 is 9.85. The Balaban J connectivity index is 4.93. The van der Waals surface area contributed by atoms with Gasteiger partial charge in [-0.1, -0.05) is 22.6 Å². The summed E-state index contributed by atoms with van der Waals surface area (Å²) in [5, 5.41) is 8.79. The quantitative estimate of drug-likeness (QED) is 0.246. The van der Waals surface area contributed by atoms with E-state index in [4.69, 9.17) is 5.26 Å². The predicted molar refractivity (Wildman–Crippen MR) is 68.3 cm³/mol. The lowest BCUT2D eigenvalue weighted by molar-refractivity contribution is -0.138. The van der Waals surface area contributed by atoms with Gasteiger partial charge in [0.2, 0.25) is 0 Å². The molecule has 0 aliphatic rings. The zero-order valence-corrected chi connectivity index (χ0v) is 11.8. The number of nitriles is 1. The van der Waals surface area contributed by atoms with E-state index in [9.17, 15) is 9.59 Å². The maximum absolute atomic E-state index is 11.3. The van der Waals surface area contributed by atoms with Crippen LogP contribution in [0.4, 0.5) is 4.79 Å². The summed E-state index contributed by atoms with van der Waals surface area (Å²) in [5.41, 5.74) is -0.234. The lowest BCUT2D eigenvalue weighted by Crippen LogP contribution is -2.28. The lowest BCUT2D eigenvalue weighted by Gasteiger charge is -2.15. The van der Waals surface area contributed by atoms with E-state index in [2.05, 4.69) is 32.1 Å². The van der Waals surface area contributed by atoms with Gasteiger partial charge in [-0.3, -0.25) is 4.90 Å². The van der Waals surface area contributed by atoms with E-state index in [1.165, 1.54) is 7.11 Å².